The fourth-order valence-electron chi connectivity index (χ4n) is 1.95. The Morgan fingerprint density at radius 3 is 2.60 bits per heavy atom. The van der Waals surface area contributed by atoms with Crippen molar-refractivity contribution in [3.63, 3.8) is 0 Å². The maximum Gasteiger partial charge on any atom is 0.148 e. The molecule has 1 aromatic rings. The lowest BCUT2D eigenvalue weighted by Gasteiger charge is -2.34. The number of anilines is 2. The lowest BCUT2D eigenvalue weighted by atomic mass is 9.82. The molecular formula is C10H17N5. The molecule has 0 aromatic carbocycles. The van der Waals surface area contributed by atoms with E-state index in [0.717, 1.165) is 17.3 Å². The molecule has 0 atom stereocenters. The lowest BCUT2D eigenvalue weighted by Crippen LogP contribution is -2.34. The Balaban J connectivity index is 2.07. The summed E-state index contributed by atoms with van der Waals surface area (Å²) >= 11 is 0. The van der Waals surface area contributed by atoms with Gasteiger partial charge >= 0.3 is 0 Å². The molecule has 0 unspecified atom stereocenters. The van der Waals surface area contributed by atoms with Crippen LogP contribution in [0.3, 0.4) is 0 Å². The molecule has 82 valence electrons. The summed E-state index contributed by atoms with van der Waals surface area (Å²) in [6.07, 6.45) is 3.95. The molecule has 15 heavy (non-hydrogen) atoms. The summed E-state index contributed by atoms with van der Waals surface area (Å²) < 4.78 is 0. The normalized spacial score (nSPS) is 24.5. The van der Waals surface area contributed by atoms with E-state index >= 15 is 0 Å². The van der Waals surface area contributed by atoms with E-state index < -0.39 is 0 Å². The molecule has 0 bridgehead atoms. The summed E-state index contributed by atoms with van der Waals surface area (Å²) in [6.45, 7) is 4.22. The van der Waals surface area contributed by atoms with E-state index in [0.29, 0.717) is 11.9 Å². The van der Waals surface area contributed by atoms with Crippen molar-refractivity contribution in [2.75, 3.05) is 10.7 Å². The minimum atomic E-state index is 0.555. The van der Waals surface area contributed by atoms with E-state index in [1.54, 1.807) is 0 Å². The Morgan fingerprint density at radius 1 is 1.33 bits per heavy atom. The first-order chi connectivity index (χ1) is 7.20. The number of hydrogen-bond donors (Lipinski definition) is 3. The summed E-state index contributed by atoms with van der Waals surface area (Å²) in [4.78, 5) is 8.25. The Bertz CT molecular complexity index is 346. The fourth-order valence-corrected chi connectivity index (χ4v) is 1.95. The van der Waals surface area contributed by atoms with Crippen LogP contribution in [0.15, 0.2) is 6.33 Å². The first kappa shape index (κ1) is 10.2. The minimum absolute atomic E-state index is 0.555. The van der Waals surface area contributed by atoms with Crippen molar-refractivity contribution in [2.24, 2.45) is 11.8 Å². The SMILES string of the molecule is Cc1c(NN)ncnc1NC1CC(C)C1. The van der Waals surface area contributed by atoms with Crippen LogP contribution in [-0.2, 0) is 0 Å². The molecule has 1 saturated carbocycles. The summed E-state index contributed by atoms with van der Waals surface area (Å²) in [7, 11) is 0. The number of hydrazine groups is 1. The summed E-state index contributed by atoms with van der Waals surface area (Å²) in [5.41, 5.74) is 3.53. The quantitative estimate of drug-likeness (QED) is 0.514. The van der Waals surface area contributed by atoms with E-state index in [1.807, 2.05) is 6.92 Å². The van der Waals surface area contributed by atoms with Crippen LogP contribution in [0.5, 0.6) is 0 Å². The van der Waals surface area contributed by atoms with Crippen LogP contribution in [0.25, 0.3) is 0 Å². The molecule has 0 aliphatic heterocycles. The lowest BCUT2D eigenvalue weighted by molar-refractivity contribution is 0.308. The van der Waals surface area contributed by atoms with E-state index in [1.165, 1.54) is 19.2 Å². The van der Waals surface area contributed by atoms with Crippen molar-refractivity contribution in [2.45, 2.75) is 32.7 Å². The average molecular weight is 207 g/mol. The molecule has 5 heteroatoms. The van der Waals surface area contributed by atoms with Crippen LogP contribution in [0.2, 0.25) is 0 Å². The molecular weight excluding hydrogens is 190 g/mol. The van der Waals surface area contributed by atoms with Crippen LogP contribution < -0.4 is 16.6 Å². The Labute approximate surface area is 89.5 Å². The molecule has 0 amide bonds. The second-order valence-electron chi connectivity index (χ2n) is 4.26. The highest BCUT2D eigenvalue weighted by Gasteiger charge is 2.25. The summed E-state index contributed by atoms with van der Waals surface area (Å²) in [5, 5.41) is 3.41. The van der Waals surface area contributed by atoms with Crippen molar-refractivity contribution >= 4 is 11.6 Å². The summed E-state index contributed by atoms with van der Waals surface area (Å²) in [5.74, 6) is 7.75. The number of nitrogens with two attached hydrogens (primary N) is 1. The second kappa shape index (κ2) is 4.02. The van der Waals surface area contributed by atoms with Gasteiger partial charge in [-0.25, -0.2) is 15.8 Å². The maximum absolute atomic E-state index is 5.35. The van der Waals surface area contributed by atoms with Gasteiger partial charge in [0.15, 0.2) is 0 Å². The van der Waals surface area contributed by atoms with Crippen molar-refractivity contribution in [1.82, 2.24) is 9.97 Å². The predicted molar refractivity (Wildman–Crippen MR) is 60.4 cm³/mol. The van der Waals surface area contributed by atoms with Gasteiger partial charge in [0.25, 0.3) is 0 Å². The van der Waals surface area contributed by atoms with Crippen LogP contribution in [0.4, 0.5) is 11.6 Å². The van der Waals surface area contributed by atoms with E-state index in [9.17, 15) is 0 Å². The number of nitrogens with zero attached hydrogens (tertiary/aromatic N) is 2. The highest BCUT2D eigenvalue weighted by atomic mass is 15.3. The van der Waals surface area contributed by atoms with Crippen molar-refractivity contribution in [3.05, 3.63) is 11.9 Å². The highest BCUT2D eigenvalue weighted by molar-refractivity contribution is 5.56. The van der Waals surface area contributed by atoms with Gasteiger partial charge in [-0.3, -0.25) is 0 Å². The van der Waals surface area contributed by atoms with E-state index in [-0.39, 0.29) is 0 Å². The molecule has 4 N–H and O–H groups in total. The Hall–Kier alpha value is -1.36. The predicted octanol–water partition coefficient (Wildman–Crippen LogP) is 1.28. The van der Waals surface area contributed by atoms with Gasteiger partial charge in [0.1, 0.15) is 18.0 Å². The van der Waals surface area contributed by atoms with E-state index in [2.05, 4.69) is 27.6 Å². The zero-order valence-electron chi connectivity index (χ0n) is 9.12. The Kier molecular flexibility index (Phi) is 2.73. The Morgan fingerprint density at radius 2 is 2.00 bits per heavy atom. The number of nitrogen functional groups attached to an aromatic ring is 1. The zero-order valence-corrected chi connectivity index (χ0v) is 9.12. The maximum atomic E-state index is 5.35. The second-order valence-corrected chi connectivity index (χ2v) is 4.26. The van der Waals surface area contributed by atoms with Crippen molar-refractivity contribution in [3.8, 4) is 0 Å². The molecule has 1 fully saturated rings. The zero-order chi connectivity index (χ0) is 10.8. The van der Waals surface area contributed by atoms with Crippen molar-refractivity contribution < 1.29 is 0 Å². The topological polar surface area (TPSA) is 75.9 Å². The van der Waals surface area contributed by atoms with Gasteiger partial charge in [-0.05, 0) is 25.7 Å². The molecule has 0 saturated heterocycles. The van der Waals surface area contributed by atoms with Crippen LogP contribution in [-0.4, -0.2) is 16.0 Å². The molecule has 1 aliphatic rings. The van der Waals surface area contributed by atoms with Crippen LogP contribution >= 0.6 is 0 Å². The van der Waals surface area contributed by atoms with Gasteiger partial charge in [-0.2, -0.15) is 0 Å². The van der Waals surface area contributed by atoms with Gasteiger partial charge in [-0.1, -0.05) is 6.92 Å². The van der Waals surface area contributed by atoms with Crippen molar-refractivity contribution in [1.29, 1.82) is 0 Å². The van der Waals surface area contributed by atoms with Gasteiger partial charge < -0.3 is 10.7 Å². The van der Waals surface area contributed by atoms with Gasteiger partial charge in [0.2, 0.25) is 0 Å². The standard InChI is InChI=1S/C10H17N5/c1-6-3-8(4-6)14-9-7(2)10(15-11)13-5-12-9/h5-6,8H,3-4,11H2,1-2H3,(H2,12,13,14,15). The third-order valence-corrected chi connectivity index (χ3v) is 2.94. The minimum Gasteiger partial charge on any atom is -0.367 e. The number of nitrogens with one attached hydrogen (secondary N) is 2. The van der Waals surface area contributed by atoms with Gasteiger partial charge in [0.05, 0.1) is 0 Å². The largest absolute Gasteiger partial charge is 0.367 e. The first-order valence-corrected chi connectivity index (χ1v) is 5.25. The van der Waals surface area contributed by atoms with Crippen LogP contribution in [0.1, 0.15) is 25.3 Å². The summed E-state index contributed by atoms with van der Waals surface area (Å²) in [6, 6.07) is 0.555. The third-order valence-electron chi connectivity index (χ3n) is 2.94. The molecule has 0 spiro atoms. The number of aromatic nitrogens is 2. The fraction of sp³-hybridized carbons (Fsp3) is 0.600. The molecule has 2 rings (SSSR count). The van der Waals surface area contributed by atoms with Gasteiger partial charge in [-0.15, -0.1) is 0 Å². The van der Waals surface area contributed by atoms with Gasteiger partial charge in [0, 0.05) is 11.6 Å². The number of rotatable bonds is 3. The molecule has 1 aromatic heterocycles. The highest BCUT2D eigenvalue weighted by Crippen LogP contribution is 2.30. The third kappa shape index (κ3) is 2.02. The molecule has 1 aliphatic carbocycles. The van der Waals surface area contributed by atoms with Crippen LogP contribution in [0, 0.1) is 12.8 Å². The molecule has 1 heterocycles. The number of hydrogen-bond acceptors (Lipinski definition) is 5. The first-order valence-electron chi connectivity index (χ1n) is 5.25. The molecule has 0 radical (unpaired) electrons. The average Bonchev–Trinajstić information content (AvgIpc) is 2.18. The van der Waals surface area contributed by atoms with E-state index in [4.69, 9.17) is 5.84 Å². The molecule has 5 nitrogen and oxygen atoms in total. The monoisotopic (exact) mass is 207 g/mol. The smallest absolute Gasteiger partial charge is 0.148 e.